The van der Waals surface area contributed by atoms with Crippen LogP contribution < -0.4 is 11.1 Å². The van der Waals surface area contributed by atoms with Crippen LogP contribution in [0.3, 0.4) is 0 Å². The highest BCUT2D eigenvalue weighted by atomic mass is 32.1. The summed E-state index contributed by atoms with van der Waals surface area (Å²) >= 11 is 4.92. The molecule has 2 rings (SSSR count). The Labute approximate surface area is 117 Å². The van der Waals surface area contributed by atoms with Gasteiger partial charge in [0, 0.05) is 24.6 Å². The molecule has 5 nitrogen and oxygen atoms in total. The van der Waals surface area contributed by atoms with Crippen molar-refractivity contribution in [2.75, 3.05) is 11.9 Å². The van der Waals surface area contributed by atoms with E-state index in [2.05, 4.69) is 20.3 Å². The minimum absolute atomic E-state index is 0.279. The average Bonchev–Trinajstić information content (AvgIpc) is 2.39. The topological polar surface area (TPSA) is 76.7 Å². The van der Waals surface area contributed by atoms with Crippen molar-refractivity contribution in [3.8, 4) is 0 Å². The third kappa shape index (κ3) is 3.96. The number of hydrogen-bond acceptors (Lipinski definition) is 5. The number of rotatable bonds is 5. The first-order chi connectivity index (χ1) is 9.15. The van der Waals surface area contributed by atoms with E-state index >= 15 is 0 Å². The van der Waals surface area contributed by atoms with Gasteiger partial charge in [0.1, 0.15) is 10.7 Å². The van der Waals surface area contributed by atoms with Crippen LogP contribution in [0.1, 0.15) is 17.0 Å². The first-order valence-corrected chi connectivity index (χ1v) is 6.34. The molecule has 0 saturated heterocycles. The van der Waals surface area contributed by atoms with Gasteiger partial charge >= 0.3 is 0 Å². The van der Waals surface area contributed by atoms with E-state index in [0.717, 1.165) is 24.2 Å². The normalized spacial score (nSPS) is 10.2. The molecule has 0 radical (unpaired) electrons. The second-order valence-corrected chi connectivity index (χ2v) is 4.56. The van der Waals surface area contributed by atoms with Crippen LogP contribution in [-0.4, -0.2) is 26.5 Å². The number of aryl methyl sites for hydroxylation is 1. The van der Waals surface area contributed by atoms with Crippen LogP contribution in [0.2, 0.25) is 0 Å². The maximum absolute atomic E-state index is 5.58. The van der Waals surface area contributed by atoms with Crippen LogP contribution >= 0.6 is 12.2 Å². The smallest absolute Gasteiger partial charge is 0.223 e. The van der Waals surface area contributed by atoms with Gasteiger partial charge in [-0.2, -0.15) is 0 Å². The molecule has 2 aromatic heterocycles. The van der Waals surface area contributed by atoms with E-state index in [4.69, 9.17) is 18.0 Å². The van der Waals surface area contributed by atoms with E-state index in [1.807, 2.05) is 25.3 Å². The number of hydrogen-bond donors (Lipinski definition) is 2. The maximum Gasteiger partial charge on any atom is 0.223 e. The first kappa shape index (κ1) is 13.4. The lowest BCUT2D eigenvalue weighted by Gasteiger charge is -2.07. The largest absolute Gasteiger partial charge is 0.388 e. The molecule has 0 fully saturated rings. The molecule has 0 spiro atoms. The molecule has 98 valence electrons. The van der Waals surface area contributed by atoms with Gasteiger partial charge in [-0.3, -0.25) is 4.98 Å². The minimum atomic E-state index is 0.279. The van der Waals surface area contributed by atoms with Gasteiger partial charge in [0.15, 0.2) is 0 Å². The number of nitrogens with one attached hydrogen (secondary N) is 1. The molecule has 0 aliphatic rings. The van der Waals surface area contributed by atoms with Crippen LogP contribution in [0.5, 0.6) is 0 Å². The highest BCUT2D eigenvalue weighted by Crippen LogP contribution is 2.05. The quantitative estimate of drug-likeness (QED) is 0.803. The molecule has 0 saturated carbocycles. The van der Waals surface area contributed by atoms with Crippen LogP contribution in [-0.2, 0) is 6.42 Å². The summed E-state index contributed by atoms with van der Waals surface area (Å²) in [5.41, 5.74) is 8.16. The molecule has 6 heteroatoms. The molecular weight excluding hydrogens is 258 g/mol. The number of thiocarbonyl (C=S) groups is 1. The molecule has 19 heavy (non-hydrogen) atoms. The first-order valence-electron chi connectivity index (χ1n) is 5.93. The van der Waals surface area contributed by atoms with E-state index in [-0.39, 0.29) is 4.99 Å². The fourth-order valence-corrected chi connectivity index (χ4v) is 1.74. The Bertz CT molecular complexity index is 571. The minimum Gasteiger partial charge on any atom is -0.388 e. The lowest BCUT2D eigenvalue weighted by Crippen LogP contribution is -2.15. The molecule has 0 aliphatic heterocycles. The second-order valence-electron chi connectivity index (χ2n) is 4.12. The Hall–Kier alpha value is -2.08. The fourth-order valence-electron chi connectivity index (χ4n) is 1.64. The molecule has 2 heterocycles. The molecule has 0 aromatic carbocycles. The number of nitrogens with two attached hydrogens (primary N) is 1. The maximum atomic E-state index is 5.58. The molecule has 0 unspecified atom stereocenters. The molecule has 2 aromatic rings. The van der Waals surface area contributed by atoms with Gasteiger partial charge in [0.25, 0.3) is 0 Å². The van der Waals surface area contributed by atoms with Gasteiger partial charge in [0.05, 0.1) is 0 Å². The molecule has 0 aliphatic carbocycles. The van der Waals surface area contributed by atoms with Crippen LogP contribution in [0.25, 0.3) is 0 Å². The summed E-state index contributed by atoms with van der Waals surface area (Å²) in [6.07, 6.45) is 4.46. The van der Waals surface area contributed by atoms with Crippen molar-refractivity contribution in [2.45, 2.75) is 13.3 Å². The van der Waals surface area contributed by atoms with Gasteiger partial charge in [-0.25, -0.2) is 9.97 Å². The SMILES string of the molecule is Cc1cc(C(N)=S)nc(NCCc2cccnc2)n1. The van der Waals surface area contributed by atoms with Gasteiger partial charge in [-0.1, -0.05) is 18.3 Å². The van der Waals surface area contributed by atoms with Crippen LogP contribution in [0, 0.1) is 6.92 Å². The Morgan fingerprint density at radius 2 is 2.26 bits per heavy atom. The summed E-state index contributed by atoms with van der Waals surface area (Å²) in [6, 6.07) is 5.73. The van der Waals surface area contributed by atoms with E-state index in [1.54, 1.807) is 12.3 Å². The summed E-state index contributed by atoms with van der Waals surface area (Å²) in [7, 11) is 0. The average molecular weight is 273 g/mol. The van der Waals surface area contributed by atoms with E-state index in [9.17, 15) is 0 Å². The lowest BCUT2D eigenvalue weighted by molar-refractivity contribution is 0.964. The zero-order valence-corrected chi connectivity index (χ0v) is 11.4. The summed E-state index contributed by atoms with van der Waals surface area (Å²) in [5, 5.41) is 3.16. The van der Waals surface area contributed by atoms with Crippen molar-refractivity contribution in [1.29, 1.82) is 0 Å². The second kappa shape index (κ2) is 6.19. The fraction of sp³-hybridized carbons (Fsp3) is 0.231. The predicted molar refractivity (Wildman–Crippen MR) is 79.1 cm³/mol. The Morgan fingerprint density at radius 3 is 2.95 bits per heavy atom. The van der Waals surface area contributed by atoms with Gasteiger partial charge in [-0.05, 0) is 31.0 Å². The standard InChI is InChI=1S/C13H15N5S/c1-9-7-11(12(14)19)18-13(17-9)16-6-4-10-3-2-5-15-8-10/h2-3,5,7-8H,4,6H2,1H3,(H2,14,19)(H,16,17,18). The van der Waals surface area contributed by atoms with Crippen molar-refractivity contribution in [3.05, 3.63) is 47.5 Å². The monoisotopic (exact) mass is 273 g/mol. The number of anilines is 1. The molecule has 3 N–H and O–H groups in total. The van der Waals surface area contributed by atoms with Crippen molar-refractivity contribution in [3.63, 3.8) is 0 Å². The zero-order valence-electron chi connectivity index (χ0n) is 10.6. The molecule has 0 bridgehead atoms. The van der Waals surface area contributed by atoms with Crippen molar-refractivity contribution < 1.29 is 0 Å². The summed E-state index contributed by atoms with van der Waals surface area (Å²) < 4.78 is 0. The zero-order chi connectivity index (χ0) is 13.7. The van der Waals surface area contributed by atoms with Gasteiger partial charge in [-0.15, -0.1) is 0 Å². The Kier molecular flexibility index (Phi) is 4.35. The predicted octanol–water partition coefficient (Wildman–Crippen LogP) is 1.47. The van der Waals surface area contributed by atoms with Crippen molar-refractivity contribution >= 4 is 23.2 Å². The lowest BCUT2D eigenvalue weighted by atomic mass is 10.2. The van der Waals surface area contributed by atoms with Gasteiger partial charge < -0.3 is 11.1 Å². The number of pyridine rings is 1. The van der Waals surface area contributed by atoms with Crippen molar-refractivity contribution in [2.24, 2.45) is 5.73 Å². The van der Waals surface area contributed by atoms with Crippen LogP contribution in [0.15, 0.2) is 30.6 Å². The Balaban J connectivity index is 1.98. The van der Waals surface area contributed by atoms with E-state index in [0.29, 0.717) is 11.6 Å². The van der Waals surface area contributed by atoms with Crippen molar-refractivity contribution in [1.82, 2.24) is 15.0 Å². The van der Waals surface area contributed by atoms with Crippen LogP contribution in [0.4, 0.5) is 5.95 Å². The number of aromatic nitrogens is 3. The highest BCUT2D eigenvalue weighted by molar-refractivity contribution is 7.80. The van der Waals surface area contributed by atoms with Gasteiger partial charge in [0.2, 0.25) is 5.95 Å². The molecule has 0 atom stereocenters. The highest BCUT2D eigenvalue weighted by Gasteiger charge is 2.04. The third-order valence-electron chi connectivity index (χ3n) is 2.53. The van der Waals surface area contributed by atoms with E-state index < -0.39 is 0 Å². The summed E-state index contributed by atoms with van der Waals surface area (Å²) in [6.45, 7) is 2.61. The Morgan fingerprint density at radius 1 is 1.42 bits per heavy atom. The summed E-state index contributed by atoms with van der Waals surface area (Å²) in [4.78, 5) is 12.9. The number of nitrogens with zero attached hydrogens (tertiary/aromatic N) is 3. The summed E-state index contributed by atoms with van der Waals surface area (Å²) in [5.74, 6) is 0.548. The molecule has 0 amide bonds. The van der Waals surface area contributed by atoms with E-state index in [1.165, 1.54) is 0 Å². The third-order valence-corrected chi connectivity index (χ3v) is 2.74. The molecular formula is C13H15N5S.